The Bertz CT molecular complexity index is 1110. The molecule has 0 aliphatic carbocycles. The van der Waals surface area contributed by atoms with Gasteiger partial charge in [-0.1, -0.05) is 18.2 Å². The molecule has 0 N–H and O–H groups in total. The number of benzene rings is 2. The van der Waals surface area contributed by atoms with E-state index in [9.17, 15) is 14.0 Å². The number of piperazine rings is 1. The van der Waals surface area contributed by atoms with Crippen LogP contribution in [0.4, 0.5) is 4.39 Å². The molecule has 1 aromatic heterocycles. The number of pyridine rings is 1. The second-order valence-electron chi connectivity index (χ2n) is 7.70. The van der Waals surface area contributed by atoms with Crippen LogP contribution >= 0.6 is 0 Å². The van der Waals surface area contributed by atoms with Gasteiger partial charge in [0.2, 0.25) is 0 Å². The van der Waals surface area contributed by atoms with Crippen molar-refractivity contribution in [1.29, 1.82) is 0 Å². The molecule has 160 valence electrons. The fourth-order valence-corrected chi connectivity index (χ4v) is 3.93. The lowest BCUT2D eigenvalue weighted by molar-refractivity contribution is -0.142. The largest absolute Gasteiger partial charge is 0.480 e. The normalized spacial score (nSPS) is 17.5. The van der Waals surface area contributed by atoms with E-state index in [1.54, 1.807) is 35.1 Å². The molecule has 0 bridgehead atoms. The average molecular weight is 421 g/mol. The highest BCUT2D eigenvalue weighted by Gasteiger charge is 2.33. The van der Waals surface area contributed by atoms with E-state index >= 15 is 0 Å². The van der Waals surface area contributed by atoms with E-state index in [-0.39, 0.29) is 23.4 Å². The molecular formula is C24H24FN3O3. The molecular weight excluding hydrogens is 397 g/mol. The van der Waals surface area contributed by atoms with Crippen LogP contribution < -0.4 is 4.74 Å². The molecule has 7 heteroatoms. The van der Waals surface area contributed by atoms with E-state index in [0.717, 1.165) is 10.9 Å². The summed E-state index contributed by atoms with van der Waals surface area (Å²) in [5.41, 5.74) is 0.851. The number of hydrogen-bond acceptors (Lipinski definition) is 4. The minimum Gasteiger partial charge on any atom is -0.480 e. The summed E-state index contributed by atoms with van der Waals surface area (Å²) < 4.78 is 20.0. The zero-order chi connectivity index (χ0) is 22.0. The van der Waals surface area contributed by atoms with E-state index in [0.29, 0.717) is 25.4 Å². The number of nitrogens with zero attached hydrogens (tertiary/aromatic N) is 3. The van der Waals surface area contributed by atoms with Crippen molar-refractivity contribution >= 4 is 22.7 Å². The number of aromatic nitrogens is 1. The molecule has 31 heavy (non-hydrogen) atoms. The van der Waals surface area contributed by atoms with Gasteiger partial charge >= 0.3 is 0 Å². The first-order chi connectivity index (χ1) is 15.0. The monoisotopic (exact) mass is 421 g/mol. The predicted octanol–water partition coefficient (Wildman–Crippen LogP) is 3.51. The quantitative estimate of drug-likeness (QED) is 0.647. The molecule has 1 fully saturated rings. The average Bonchev–Trinajstić information content (AvgIpc) is 2.78. The standard InChI is InChI=1S/C24H24FN3O3/c1-16-15-27(24(30)18-7-3-4-9-20(18)25)13-14-28(16)23(29)17(2)31-22-11-5-10-21-19(22)8-6-12-26-21/h3-12,16-17H,13-15H2,1-2H3/t16-,17+/m1/s1. The Morgan fingerprint density at radius 3 is 2.68 bits per heavy atom. The van der Waals surface area contributed by atoms with Gasteiger partial charge in [-0.25, -0.2) is 4.39 Å². The highest BCUT2D eigenvalue weighted by atomic mass is 19.1. The molecule has 2 heterocycles. The number of carbonyl (C=O) groups is 2. The van der Waals surface area contributed by atoms with Gasteiger partial charge in [-0.15, -0.1) is 0 Å². The van der Waals surface area contributed by atoms with Crippen LogP contribution in [0, 0.1) is 5.82 Å². The van der Waals surface area contributed by atoms with E-state index in [1.807, 2.05) is 37.3 Å². The predicted molar refractivity (Wildman–Crippen MR) is 115 cm³/mol. The Kier molecular flexibility index (Phi) is 5.84. The van der Waals surface area contributed by atoms with Gasteiger partial charge in [0.15, 0.2) is 6.10 Å². The molecule has 6 nitrogen and oxygen atoms in total. The number of rotatable bonds is 4. The number of halogens is 1. The lowest BCUT2D eigenvalue weighted by Crippen LogP contribution is -2.57. The Hall–Kier alpha value is -3.48. The topological polar surface area (TPSA) is 62.7 Å². The van der Waals surface area contributed by atoms with Crippen LogP contribution in [0.1, 0.15) is 24.2 Å². The van der Waals surface area contributed by atoms with Crippen molar-refractivity contribution in [2.24, 2.45) is 0 Å². The summed E-state index contributed by atoms with van der Waals surface area (Å²) in [7, 11) is 0. The highest BCUT2D eigenvalue weighted by Crippen LogP contribution is 2.25. The molecule has 0 unspecified atom stereocenters. The third-order valence-corrected chi connectivity index (χ3v) is 5.56. The first-order valence-corrected chi connectivity index (χ1v) is 10.3. The third-order valence-electron chi connectivity index (χ3n) is 5.56. The number of amides is 2. The summed E-state index contributed by atoms with van der Waals surface area (Å²) in [6, 6.07) is 15.0. The lowest BCUT2D eigenvalue weighted by Gasteiger charge is -2.40. The van der Waals surface area contributed by atoms with Gasteiger partial charge < -0.3 is 14.5 Å². The van der Waals surface area contributed by atoms with Crippen molar-refractivity contribution in [3.63, 3.8) is 0 Å². The minimum atomic E-state index is -0.693. The van der Waals surface area contributed by atoms with Gasteiger partial charge in [0, 0.05) is 37.3 Å². The van der Waals surface area contributed by atoms with Crippen molar-refractivity contribution in [2.45, 2.75) is 26.0 Å². The highest BCUT2D eigenvalue weighted by molar-refractivity contribution is 5.94. The molecule has 1 saturated heterocycles. The summed E-state index contributed by atoms with van der Waals surface area (Å²) >= 11 is 0. The van der Waals surface area contributed by atoms with Crippen LogP contribution in [0.25, 0.3) is 10.9 Å². The molecule has 0 spiro atoms. The second-order valence-corrected chi connectivity index (χ2v) is 7.70. The molecule has 0 saturated carbocycles. The van der Waals surface area contributed by atoms with Gasteiger partial charge in [-0.3, -0.25) is 14.6 Å². The van der Waals surface area contributed by atoms with E-state index in [4.69, 9.17) is 4.74 Å². The fourth-order valence-electron chi connectivity index (χ4n) is 3.93. The van der Waals surface area contributed by atoms with Gasteiger partial charge in [0.05, 0.1) is 11.1 Å². The maximum Gasteiger partial charge on any atom is 0.263 e. The lowest BCUT2D eigenvalue weighted by atomic mass is 10.1. The van der Waals surface area contributed by atoms with Crippen LogP contribution in [-0.2, 0) is 4.79 Å². The van der Waals surface area contributed by atoms with Crippen LogP contribution in [0.3, 0.4) is 0 Å². The summed E-state index contributed by atoms with van der Waals surface area (Å²) in [4.78, 5) is 33.4. The van der Waals surface area contributed by atoms with Gasteiger partial charge in [0.25, 0.3) is 11.8 Å². The van der Waals surface area contributed by atoms with E-state index in [1.165, 1.54) is 12.1 Å². The summed E-state index contributed by atoms with van der Waals surface area (Å²) in [5.74, 6) is -0.436. The van der Waals surface area contributed by atoms with Crippen molar-refractivity contribution in [1.82, 2.24) is 14.8 Å². The molecule has 2 aromatic carbocycles. The molecule has 2 amide bonds. The first kappa shape index (κ1) is 20.8. The molecule has 0 radical (unpaired) electrons. The zero-order valence-corrected chi connectivity index (χ0v) is 17.5. The smallest absolute Gasteiger partial charge is 0.263 e. The SMILES string of the molecule is C[C@H](Oc1cccc2ncccc12)C(=O)N1CCN(C(=O)c2ccccc2F)C[C@H]1C. The van der Waals surface area contributed by atoms with E-state index in [2.05, 4.69) is 4.98 Å². The first-order valence-electron chi connectivity index (χ1n) is 10.3. The van der Waals surface area contributed by atoms with Crippen LogP contribution in [0.2, 0.25) is 0 Å². The molecule has 1 aliphatic rings. The molecule has 4 rings (SSSR count). The molecule has 1 aliphatic heterocycles. The minimum absolute atomic E-state index is 0.0516. The second kappa shape index (κ2) is 8.71. The van der Waals surface area contributed by atoms with Crippen molar-refractivity contribution in [3.05, 3.63) is 72.2 Å². The van der Waals surface area contributed by atoms with Crippen molar-refractivity contribution < 1.29 is 18.7 Å². The summed E-state index contributed by atoms with van der Waals surface area (Å²) in [6.07, 6.45) is 1.02. The Balaban J connectivity index is 1.43. The van der Waals surface area contributed by atoms with Crippen LogP contribution in [0.15, 0.2) is 60.8 Å². The number of ether oxygens (including phenoxy) is 1. The van der Waals surface area contributed by atoms with Crippen LogP contribution in [-0.4, -0.2) is 58.4 Å². The van der Waals surface area contributed by atoms with Crippen molar-refractivity contribution in [3.8, 4) is 5.75 Å². The summed E-state index contributed by atoms with van der Waals surface area (Å²) in [6.45, 7) is 4.65. The maximum atomic E-state index is 14.0. The Morgan fingerprint density at radius 1 is 1.10 bits per heavy atom. The molecule has 2 atom stereocenters. The van der Waals surface area contributed by atoms with Gasteiger partial charge in [-0.05, 0) is 50.2 Å². The number of carbonyl (C=O) groups excluding carboxylic acids is 2. The summed E-state index contributed by atoms with van der Waals surface area (Å²) in [5, 5.41) is 0.845. The van der Waals surface area contributed by atoms with Gasteiger partial charge in [0.1, 0.15) is 11.6 Å². The fraction of sp³-hybridized carbons (Fsp3) is 0.292. The molecule has 3 aromatic rings. The van der Waals surface area contributed by atoms with Crippen LogP contribution in [0.5, 0.6) is 5.75 Å². The van der Waals surface area contributed by atoms with E-state index < -0.39 is 11.9 Å². The van der Waals surface area contributed by atoms with Gasteiger partial charge in [-0.2, -0.15) is 0 Å². The maximum absolute atomic E-state index is 14.0. The Morgan fingerprint density at radius 2 is 1.90 bits per heavy atom. The number of hydrogen-bond donors (Lipinski definition) is 0. The Labute approximate surface area is 180 Å². The number of fused-ring (bicyclic) bond motifs is 1. The van der Waals surface area contributed by atoms with Crippen molar-refractivity contribution in [2.75, 3.05) is 19.6 Å². The third kappa shape index (κ3) is 4.21. The zero-order valence-electron chi connectivity index (χ0n) is 17.5.